The van der Waals surface area contributed by atoms with Gasteiger partial charge in [0.2, 0.25) is 0 Å². The fraction of sp³-hybridized carbons (Fsp3) is 0.774. The van der Waals surface area contributed by atoms with E-state index in [1.54, 1.807) is 12.4 Å². The number of nitrogens with zero attached hydrogens (tertiary/aromatic N) is 3. The van der Waals surface area contributed by atoms with Gasteiger partial charge in [0.25, 0.3) is 0 Å². The molecule has 4 aliphatic carbocycles. The summed E-state index contributed by atoms with van der Waals surface area (Å²) in [7, 11) is 0. The molecule has 4 fully saturated rings. The Kier molecular flexibility index (Phi) is 6.87. The minimum Gasteiger partial charge on any atom is -0.297 e. The minimum atomic E-state index is 0.192. The van der Waals surface area contributed by atoms with Crippen LogP contribution in [0.1, 0.15) is 98.8 Å². The molecule has 192 valence electrons. The summed E-state index contributed by atoms with van der Waals surface area (Å²) in [6.07, 6.45) is 18.9. The number of aromatic nitrogens is 3. The van der Waals surface area contributed by atoms with Crippen molar-refractivity contribution in [1.82, 2.24) is 14.8 Å². The maximum Gasteiger partial charge on any atom is 0.157 e. The Labute approximate surface area is 212 Å². The molecule has 2 aromatic heterocycles. The lowest BCUT2D eigenvalue weighted by molar-refractivity contribution is -0.137. The van der Waals surface area contributed by atoms with Gasteiger partial charge in [0.15, 0.2) is 5.78 Å². The quantitative estimate of drug-likeness (QED) is 0.455. The van der Waals surface area contributed by atoms with Crippen LogP contribution in [0.4, 0.5) is 0 Å². The number of fused-ring (bicyclic) bond motifs is 6. The molecule has 8 unspecified atom stereocenters. The highest BCUT2D eigenvalue weighted by Gasteiger charge is 2.60. The predicted molar refractivity (Wildman–Crippen MR) is 143 cm³/mol. The molecule has 8 atom stereocenters. The lowest BCUT2D eigenvalue weighted by atomic mass is 9.44. The van der Waals surface area contributed by atoms with E-state index in [2.05, 4.69) is 44.7 Å². The second-order valence-corrected chi connectivity index (χ2v) is 13.1. The fourth-order valence-electron chi connectivity index (χ4n) is 9.27. The Balaban J connectivity index is 0.000000806. The Morgan fingerprint density at radius 1 is 1.03 bits per heavy atom. The Bertz CT molecular complexity index is 1010. The number of hydrogen-bond donors (Lipinski definition) is 0. The predicted octanol–water partition coefficient (Wildman–Crippen LogP) is 7.71. The summed E-state index contributed by atoms with van der Waals surface area (Å²) >= 11 is 0. The molecule has 4 aliphatic rings. The number of pyridine rings is 1. The largest absolute Gasteiger partial charge is 0.297 e. The van der Waals surface area contributed by atoms with Crippen molar-refractivity contribution in [3.63, 3.8) is 0 Å². The van der Waals surface area contributed by atoms with E-state index >= 15 is 0 Å². The van der Waals surface area contributed by atoms with Gasteiger partial charge in [-0.15, -0.1) is 0 Å². The second-order valence-electron chi connectivity index (χ2n) is 13.1. The molecule has 0 aromatic carbocycles. The summed E-state index contributed by atoms with van der Waals surface area (Å²) in [6.45, 7) is 12.3. The molecule has 0 bridgehead atoms. The molecule has 0 N–H and O–H groups in total. The van der Waals surface area contributed by atoms with E-state index in [0.29, 0.717) is 17.7 Å². The summed E-state index contributed by atoms with van der Waals surface area (Å²) in [5, 5.41) is 5.68. The first-order chi connectivity index (χ1) is 16.8. The van der Waals surface area contributed by atoms with Crippen LogP contribution in [0.3, 0.4) is 0 Å². The normalized spacial score (nSPS) is 40.3. The van der Waals surface area contributed by atoms with Crippen molar-refractivity contribution in [2.24, 2.45) is 46.3 Å². The number of rotatable bonds is 3. The van der Waals surface area contributed by atoms with Crippen molar-refractivity contribution in [2.45, 2.75) is 105 Å². The molecule has 35 heavy (non-hydrogen) atoms. The summed E-state index contributed by atoms with van der Waals surface area (Å²) in [5.41, 5.74) is 1.63. The molecule has 2 aromatic rings. The van der Waals surface area contributed by atoms with Crippen LogP contribution in [0.2, 0.25) is 0 Å². The van der Waals surface area contributed by atoms with Crippen molar-refractivity contribution in [1.29, 1.82) is 0 Å². The van der Waals surface area contributed by atoms with Gasteiger partial charge in [0.05, 0.1) is 12.7 Å². The molecular formula is C31H47N3O. The van der Waals surface area contributed by atoms with Gasteiger partial charge in [-0.25, -0.2) is 0 Å². The first kappa shape index (κ1) is 25.0. The van der Waals surface area contributed by atoms with Crippen molar-refractivity contribution in [3.8, 4) is 0 Å². The highest BCUT2D eigenvalue weighted by Crippen LogP contribution is 2.67. The van der Waals surface area contributed by atoms with Crippen molar-refractivity contribution >= 4 is 16.7 Å². The van der Waals surface area contributed by atoms with E-state index in [4.69, 9.17) is 0 Å². The van der Waals surface area contributed by atoms with Gasteiger partial charge >= 0.3 is 0 Å². The van der Waals surface area contributed by atoms with E-state index in [0.717, 1.165) is 46.9 Å². The Morgan fingerprint density at radius 3 is 2.54 bits per heavy atom. The highest BCUT2D eigenvalue weighted by atomic mass is 16.1. The molecule has 6 rings (SSSR count). The van der Waals surface area contributed by atoms with Crippen molar-refractivity contribution < 1.29 is 4.79 Å². The van der Waals surface area contributed by atoms with Crippen molar-refractivity contribution in [3.05, 3.63) is 24.7 Å². The lowest BCUT2D eigenvalue weighted by Gasteiger charge is -2.61. The number of Topliss-reactive ketones (excluding diaryl/α,β-unsaturated/α-hetero) is 1. The topological polar surface area (TPSA) is 47.8 Å². The molecule has 4 saturated carbocycles. The molecule has 4 nitrogen and oxygen atoms in total. The molecule has 2 heterocycles. The van der Waals surface area contributed by atoms with Crippen LogP contribution in [0.5, 0.6) is 0 Å². The lowest BCUT2D eigenvalue weighted by Crippen LogP contribution is -2.53. The summed E-state index contributed by atoms with van der Waals surface area (Å²) in [6, 6.07) is 1.97. The zero-order valence-electron chi connectivity index (χ0n) is 22.8. The van der Waals surface area contributed by atoms with Crippen LogP contribution in [0.25, 0.3) is 10.9 Å². The molecular weight excluding hydrogens is 430 g/mol. The van der Waals surface area contributed by atoms with Gasteiger partial charge in [-0.2, -0.15) is 5.10 Å². The molecule has 0 radical (unpaired) electrons. The number of carbonyl (C=O) groups is 1. The number of carbonyl (C=O) groups excluding carboxylic acids is 1. The third-order valence-electron chi connectivity index (χ3n) is 11.0. The van der Waals surface area contributed by atoms with Gasteiger partial charge in [-0.1, -0.05) is 47.5 Å². The monoisotopic (exact) mass is 477 g/mol. The minimum absolute atomic E-state index is 0.192. The van der Waals surface area contributed by atoms with Crippen LogP contribution >= 0.6 is 0 Å². The van der Waals surface area contributed by atoms with E-state index in [9.17, 15) is 4.79 Å². The molecule has 4 heteroatoms. The molecule has 0 saturated heterocycles. The Morgan fingerprint density at radius 2 is 1.77 bits per heavy atom. The zero-order valence-corrected chi connectivity index (χ0v) is 22.8. The van der Waals surface area contributed by atoms with E-state index in [1.165, 1.54) is 57.8 Å². The first-order valence-electron chi connectivity index (χ1n) is 14.6. The maximum atomic E-state index is 13.6. The molecule has 0 aliphatic heterocycles. The number of ketones is 1. The van der Waals surface area contributed by atoms with Crippen LogP contribution < -0.4 is 0 Å². The summed E-state index contributed by atoms with van der Waals surface area (Å²) < 4.78 is 1.85. The number of hydrogen-bond acceptors (Lipinski definition) is 3. The smallest absolute Gasteiger partial charge is 0.157 e. The molecule has 0 spiro atoms. The third-order valence-corrected chi connectivity index (χ3v) is 11.0. The van der Waals surface area contributed by atoms with E-state index in [-0.39, 0.29) is 11.3 Å². The Hall–Kier alpha value is -1.71. The van der Waals surface area contributed by atoms with Gasteiger partial charge in [0, 0.05) is 23.7 Å². The summed E-state index contributed by atoms with van der Waals surface area (Å²) in [5.74, 6) is 4.95. The SMILES string of the molecule is CC1CCC2(C)C(CCC3C2CCC2(C)C(C(=O)Cn4cc5ccncc5n4)CCC32)C1.CCC. The fourth-order valence-corrected chi connectivity index (χ4v) is 9.27. The van der Waals surface area contributed by atoms with Gasteiger partial charge in [-0.3, -0.25) is 14.5 Å². The second kappa shape index (κ2) is 9.63. The first-order valence-corrected chi connectivity index (χ1v) is 14.6. The van der Waals surface area contributed by atoms with E-state index in [1.807, 2.05) is 16.9 Å². The van der Waals surface area contributed by atoms with Crippen LogP contribution in [-0.4, -0.2) is 20.5 Å². The summed E-state index contributed by atoms with van der Waals surface area (Å²) in [4.78, 5) is 17.7. The highest BCUT2D eigenvalue weighted by molar-refractivity contribution is 5.83. The standard InChI is InChI=1S/C28H39N3O.C3H8/c1-18-8-11-27(2)20(14-18)4-5-21-22-6-7-24(28(22,3)12-9-23(21)27)26(32)17-31-16-19-10-13-29-15-25(19)30-31;1-3-2/h10,13,15-16,18,20-24H,4-9,11-12,14,17H2,1-3H3;3H2,1-2H3. The average Bonchev–Trinajstić information content (AvgIpc) is 3.40. The average molecular weight is 478 g/mol. The van der Waals surface area contributed by atoms with Crippen molar-refractivity contribution in [2.75, 3.05) is 0 Å². The van der Waals surface area contributed by atoms with Crippen LogP contribution in [0.15, 0.2) is 24.7 Å². The van der Waals surface area contributed by atoms with Crippen LogP contribution in [-0.2, 0) is 11.3 Å². The van der Waals surface area contributed by atoms with Gasteiger partial charge < -0.3 is 0 Å². The van der Waals surface area contributed by atoms with Gasteiger partial charge in [0.1, 0.15) is 5.52 Å². The van der Waals surface area contributed by atoms with Gasteiger partial charge in [-0.05, 0) is 97.9 Å². The third kappa shape index (κ3) is 4.27. The maximum absolute atomic E-state index is 13.6. The van der Waals surface area contributed by atoms with E-state index < -0.39 is 0 Å². The zero-order chi connectivity index (χ0) is 24.8. The molecule has 0 amide bonds. The van der Waals surface area contributed by atoms with Crippen LogP contribution in [0, 0.1) is 46.3 Å².